The lowest BCUT2D eigenvalue weighted by molar-refractivity contribution is -0.385. The Labute approximate surface area is 154 Å². The first kappa shape index (κ1) is 19.8. The molecule has 0 amide bonds. The van der Waals surface area contributed by atoms with Crippen LogP contribution in [0.15, 0.2) is 22.0 Å². The molecule has 0 aliphatic rings. The van der Waals surface area contributed by atoms with Crippen molar-refractivity contribution >= 4 is 17.7 Å². The highest BCUT2D eigenvalue weighted by Crippen LogP contribution is 2.33. The Hall–Kier alpha value is -3.50. The fourth-order valence-electron chi connectivity index (χ4n) is 2.25. The second kappa shape index (κ2) is 7.81. The number of rotatable bonds is 6. The summed E-state index contributed by atoms with van der Waals surface area (Å²) >= 11 is 0. The largest absolute Gasteiger partial charge is 0.496 e. The third-order valence-electron chi connectivity index (χ3n) is 3.51. The van der Waals surface area contributed by atoms with Crippen LogP contribution in [0.4, 0.5) is 11.5 Å². The number of hydrogen-bond donors (Lipinski definition) is 2. The molecule has 11 heteroatoms. The minimum atomic E-state index is -0.627. The standard InChI is InChI=1S/C16H20N6O5/c1-16(2,3)13-14(18-15(23)21-19-13)20-17-8-9-6-10(22(24)25)12(27-5)7-11(9)26-4/h6-8H,1-5H3,(H2,18,20,21,23)/b17-8+. The number of anilines is 1. The second-order valence-electron chi connectivity index (χ2n) is 6.48. The van der Waals surface area contributed by atoms with Gasteiger partial charge in [0.15, 0.2) is 5.82 Å². The fourth-order valence-corrected chi connectivity index (χ4v) is 2.25. The molecule has 144 valence electrons. The average Bonchev–Trinajstić information content (AvgIpc) is 2.60. The molecule has 0 saturated carbocycles. The Morgan fingerprint density at radius 3 is 2.48 bits per heavy atom. The molecule has 0 aliphatic carbocycles. The number of methoxy groups -OCH3 is 2. The molecular weight excluding hydrogens is 356 g/mol. The molecule has 11 nitrogen and oxygen atoms in total. The first-order valence-corrected chi connectivity index (χ1v) is 7.84. The van der Waals surface area contributed by atoms with Gasteiger partial charge in [-0.25, -0.2) is 9.89 Å². The maximum Gasteiger partial charge on any atom is 0.363 e. The van der Waals surface area contributed by atoms with Crippen molar-refractivity contribution in [3.63, 3.8) is 0 Å². The van der Waals surface area contributed by atoms with Crippen LogP contribution in [0.5, 0.6) is 11.5 Å². The van der Waals surface area contributed by atoms with Crippen molar-refractivity contribution in [3.8, 4) is 11.5 Å². The van der Waals surface area contributed by atoms with Crippen molar-refractivity contribution in [1.29, 1.82) is 0 Å². The Bertz CT molecular complexity index is 932. The van der Waals surface area contributed by atoms with Gasteiger partial charge in [-0.2, -0.15) is 15.2 Å². The highest BCUT2D eigenvalue weighted by molar-refractivity contribution is 5.86. The highest BCUT2D eigenvalue weighted by atomic mass is 16.6. The number of nitro benzene ring substituents is 1. The summed E-state index contributed by atoms with van der Waals surface area (Å²) in [7, 11) is 2.75. The molecule has 0 unspecified atom stereocenters. The van der Waals surface area contributed by atoms with Gasteiger partial charge in [0.05, 0.1) is 25.4 Å². The summed E-state index contributed by atoms with van der Waals surface area (Å²) in [5.41, 5.74) is 2.25. The van der Waals surface area contributed by atoms with Gasteiger partial charge in [-0.15, -0.1) is 0 Å². The van der Waals surface area contributed by atoms with Crippen molar-refractivity contribution in [1.82, 2.24) is 15.2 Å². The maximum absolute atomic E-state index is 11.5. The fraction of sp³-hybridized carbons (Fsp3) is 0.375. The van der Waals surface area contributed by atoms with Crippen LogP contribution in [0.1, 0.15) is 32.0 Å². The number of nitro groups is 1. The zero-order chi connectivity index (χ0) is 20.2. The van der Waals surface area contributed by atoms with Crippen LogP contribution < -0.4 is 20.6 Å². The molecular formula is C16H20N6O5. The van der Waals surface area contributed by atoms with Crippen LogP contribution in [0.2, 0.25) is 0 Å². The summed E-state index contributed by atoms with van der Waals surface area (Å²) in [6.07, 6.45) is 1.32. The van der Waals surface area contributed by atoms with E-state index in [1.807, 2.05) is 20.8 Å². The first-order chi connectivity index (χ1) is 12.7. The molecule has 2 aromatic rings. The zero-order valence-electron chi connectivity index (χ0n) is 15.6. The van der Waals surface area contributed by atoms with E-state index in [-0.39, 0.29) is 17.3 Å². The van der Waals surface area contributed by atoms with Crippen LogP contribution in [0, 0.1) is 10.1 Å². The average molecular weight is 376 g/mol. The Balaban J connectivity index is 2.40. The Kier molecular flexibility index (Phi) is 5.73. The van der Waals surface area contributed by atoms with E-state index in [4.69, 9.17) is 9.47 Å². The molecule has 2 rings (SSSR count). The summed E-state index contributed by atoms with van der Waals surface area (Å²) in [5.74, 6) is 0.581. The molecule has 0 spiro atoms. The molecule has 0 atom stereocenters. The van der Waals surface area contributed by atoms with Crippen LogP contribution in [0.3, 0.4) is 0 Å². The smallest absolute Gasteiger partial charge is 0.363 e. The number of hydrogen-bond acceptors (Lipinski definition) is 9. The lowest BCUT2D eigenvalue weighted by Gasteiger charge is -2.18. The van der Waals surface area contributed by atoms with Crippen molar-refractivity contribution < 1.29 is 14.4 Å². The molecule has 0 aliphatic heterocycles. The van der Waals surface area contributed by atoms with E-state index in [9.17, 15) is 14.9 Å². The van der Waals surface area contributed by atoms with E-state index < -0.39 is 16.0 Å². The predicted molar refractivity (Wildman–Crippen MR) is 98.8 cm³/mol. The van der Waals surface area contributed by atoms with Crippen molar-refractivity contribution in [2.24, 2.45) is 5.10 Å². The number of nitrogens with one attached hydrogen (secondary N) is 2. The van der Waals surface area contributed by atoms with Crippen molar-refractivity contribution in [3.05, 3.63) is 44.0 Å². The Morgan fingerprint density at radius 2 is 1.93 bits per heavy atom. The van der Waals surface area contributed by atoms with Gasteiger partial charge < -0.3 is 9.47 Å². The lowest BCUT2D eigenvalue weighted by atomic mass is 9.92. The number of H-pyrrole nitrogens is 1. The van der Waals surface area contributed by atoms with E-state index in [1.54, 1.807) is 0 Å². The summed E-state index contributed by atoms with van der Waals surface area (Å²) < 4.78 is 10.2. The number of aromatic amines is 1. The molecule has 1 aromatic carbocycles. The highest BCUT2D eigenvalue weighted by Gasteiger charge is 2.22. The normalized spacial score (nSPS) is 11.4. The predicted octanol–water partition coefficient (Wildman–Crippen LogP) is 1.83. The van der Waals surface area contributed by atoms with Gasteiger partial charge in [0.2, 0.25) is 5.75 Å². The number of hydrazone groups is 1. The molecule has 27 heavy (non-hydrogen) atoms. The van der Waals surface area contributed by atoms with Crippen LogP contribution in [-0.2, 0) is 5.41 Å². The van der Waals surface area contributed by atoms with E-state index in [2.05, 4.69) is 25.7 Å². The minimum Gasteiger partial charge on any atom is -0.496 e. The van der Waals surface area contributed by atoms with Gasteiger partial charge in [-0.1, -0.05) is 20.8 Å². The molecule has 1 heterocycles. The van der Waals surface area contributed by atoms with E-state index in [0.717, 1.165) is 0 Å². The number of ether oxygens (including phenoxy) is 2. The van der Waals surface area contributed by atoms with Gasteiger partial charge in [0, 0.05) is 23.1 Å². The van der Waals surface area contributed by atoms with Gasteiger partial charge in [0.1, 0.15) is 11.4 Å². The molecule has 0 saturated heterocycles. The molecule has 2 N–H and O–H groups in total. The minimum absolute atomic E-state index is 0.0671. The SMILES string of the molecule is COc1cc(OC)c([N+](=O)[O-])cc1/C=N/Nc1nc(=O)[nH]nc1C(C)(C)C. The summed E-state index contributed by atoms with van der Waals surface area (Å²) in [5, 5.41) is 21.5. The molecule has 0 bridgehead atoms. The van der Waals surface area contributed by atoms with Gasteiger partial charge >= 0.3 is 11.4 Å². The quantitative estimate of drug-likeness (QED) is 0.441. The maximum atomic E-state index is 11.5. The molecule has 1 aromatic heterocycles. The number of aromatic nitrogens is 3. The summed E-state index contributed by atoms with van der Waals surface area (Å²) in [6.45, 7) is 5.71. The monoisotopic (exact) mass is 376 g/mol. The van der Waals surface area contributed by atoms with Gasteiger partial charge in [-0.05, 0) is 0 Å². The Morgan fingerprint density at radius 1 is 1.26 bits per heavy atom. The third kappa shape index (κ3) is 4.57. The third-order valence-corrected chi connectivity index (χ3v) is 3.51. The van der Waals surface area contributed by atoms with E-state index >= 15 is 0 Å². The second-order valence-corrected chi connectivity index (χ2v) is 6.48. The van der Waals surface area contributed by atoms with Crippen LogP contribution in [-0.4, -0.2) is 40.5 Å². The van der Waals surface area contributed by atoms with E-state index in [1.165, 1.54) is 32.6 Å². The summed E-state index contributed by atoms with van der Waals surface area (Å²) in [4.78, 5) is 25.9. The van der Waals surface area contributed by atoms with Crippen molar-refractivity contribution in [2.75, 3.05) is 19.6 Å². The first-order valence-electron chi connectivity index (χ1n) is 7.84. The van der Waals surface area contributed by atoms with Crippen molar-refractivity contribution in [2.45, 2.75) is 26.2 Å². The van der Waals surface area contributed by atoms with Crippen LogP contribution in [0.25, 0.3) is 0 Å². The topological polar surface area (TPSA) is 145 Å². The molecule has 0 radical (unpaired) electrons. The lowest BCUT2D eigenvalue weighted by Crippen LogP contribution is -2.24. The van der Waals surface area contributed by atoms with Crippen LogP contribution >= 0.6 is 0 Å². The van der Waals surface area contributed by atoms with E-state index in [0.29, 0.717) is 17.0 Å². The van der Waals surface area contributed by atoms with Gasteiger partial charge in [0.25, 0.3) is 0 Å². The molecule has 0 fully saturated rings. The zero-order valence-corrected chi connectivity index (χ0v) is 15.6. The van der Waals surface area contributed by atoms with Gasteiger partial charge in [-0.3, -0.25) is 15.5 Å². The number of nitrogens with zero attached hydrogens (tertiary/aromatic N) is 4. The summed E-state index contributed by atoms with van der Waals surface area (Å²) in [6, 6.07) is 2.67. The number of benzene rings is 1.